The van der Waals surface area contributed by atoms with Gasteiger partial charge < -0.3 is 19.9 Å². The van der Waals surface area contributed by atoms with E-state index >= 15 is 0 Å². The average molecular weight is 294 g/mol. The van der Waals surface area contributed by atoms with Crippen molar-refractivity contribution in [2.75, 3.05) is 13.1 Å². The molecule has 1 atom stereocenters. The van der Waals surface area contributed by atoms with Crippen molar-refractivity contribution in [3.8, 4) is 0 Å². The van der Waals surface area contributed by atoms with Crippen LogP contribution in [0.1, 0.15) is 38.8 Å². The molecule has 1 aromatic rings. The maximum atomic E-state index is 12.0. The molecule has 21 heavy (non-hydrogen) atoms. The van der Waals surface area contributed by atoms with Gasteiger partial charge in [-0.1, -0.05) is 0 Å². The van der Waals surface area contributed by atoms with Gasteiger partial charge >= 0.3 is 6.09 Å². The number of amides is 2. The van der Waals surface area contributed by atoms with Gasteiger partial charge in [-0.05, 0) is 27.2 Å². The fourth-order valence-corrected chi connectivity index (χ4v) is 2.46. The summed E-state index contributed by atoms with van der Waals surface area (Å²) in [4.78, 5) is 28.9. The summed E-state index contributed by atoms with van der Waals surface area (Å²) in [5, 5.41) is 0. The smallest absolute Gasteiger partial charge is 0.410 e. The summed E-state index contributed by atoms with van der Waals surface area (Å²) in [5.74, 6) is -0.254. The Morgan fingerprint density at radius 2 is 2.19 bits per heavy atom. The lowest BCUT2D eigenvalue weighted by Crippen LogP contribution is -2.35. The van der Waals surface area contributed by atoms with Crippen molar-refractivity contribution in [2.24, 2.45) is 5.73 Å². The van der Waals surface area contributed by atoms with Crippen LogP contribution < -0.4 is 5.73 Å². The Bertz CT molecular complexity index is 533. The highest BCUT2D eigenvalue weighted by Crippen LogP contribution is 2.28. The number of hydrogen-bond donors (Lipinski definition) is 1. The van der Waals surface area contributed by atoms with Gasteiger partial charge in [0.05, 0.1) is 6.33 Å². The highest BCUT2D eigenvalue weighted by molar-refractivity contribution is 5.73. The molecule has 7 nitrogen and oxygen atoms in total. The predicted octanol–water partition coefficient (Wildman–Crippen LogP) is 1.09. The van der Waals surface area contributed by atoms with Crippen LogP contribution in [0.3, 0.4) is 0 Å². The van der Waals surface area contributed by atoms with Crippen molar-refractivity contribution in [3.63, 3.8) is 0 Å². The Kier molecular flexibility index (Phi) is 4.20. The van der Waals surface area contributed by atoms with E-state index in [9.17, 15) is 9.59 Å². The molecule has 7 heteroatoms. The lowest BCUT2D eigenvalue weighted by atomic mass is 10.1. The minimum absolute atomic E-state index is 0.109. The molecule has 2 rings (SSSR count). The van der Waals surface area contributed by atoms with Gasteiger partial charge in [-0.15, -0.1) is 0 Å². The van der Waals surface area contributed by atoms with Gasteiger partial charge in [0, 0.05) is 30.9 Å². The number of ether oxygens (including phenoxy) is 1. The summed E-state index contributed by atoms with van der Waals surface area (Å²) < 4.78 is 7.11. The molecule has 1 unspecified atom stereocenters. The molecule has 1 saturated heterocycles. The maximum absolute atomic E-state index is 12.0. The second kappa shape index (κ2) is 5.75. The van der Waals surface area contributed by atoms with E-state index in [4.69, 9.17) is 10.5 Å². The van der Waals surface area contributed by atoms with E-state index in [1.165, 1.54) is 0 Å². The number of hydrogen-bond acceptors (Lipinski definition) is 4. The van der Waals surface area contributed by atoms with Gasteiger partial charge in [-0.25, -0.2) is 9.78 Å². The lowest BCUT2D eigenvalue weighted by molar-refractivity contribution is -0.118. The first-order valence-corrected chi connectivity index (χ1v) is 7.02. The van der Waals surface area contributed by atoms with Crippen molar-refractivity contribution in [1.29, 1.82) is 0 Å². The molecule has 0 bridgehead atoms. The first kappa shape index (κ1) is 15.3. The molecule has 1 fully saturated rings. The fourth-order valence-electron chi connectivity index (χ4n) is 2.46. The van der Waals surface area contributed by atoms with E-state index in [1.54, 1.807) is 22.0 Å². The summed E-state index contributed by atoms with van der Waals surface area (Å²) in [5.41, 5.74) is 5.66. The minimum atomic E-state index is -0.497. The normalized spacial score (nSPS) is 18.8. The monoisotopic (exact) mass is 294 g/mol. The summed E-state index contributed by atoms with van der Waals surface area (Å²) in [6, 6.07) is 0. The molecule has 2 amide bonds. The molecule has 0 spiro atoms. The van der Waals surface area contributed by atoms with Crippen LogP contribution in [0.2, 0.25) is 0 Å². The molecule has 116 valence electrons. The lowest BCUT2D eigenvalue weighted by Gasteiger charge is -2.24. The summed E-state index contributed by atoms with van der Waals surface area (Å²) in [6.07, 6.45) is 3.84. The highest BCUT2D eigenvalue weighted by atomic mass is 16.6. The van der Waals surface area contributed by atoms with Crippen molar-refractivity contribution < 1.29 is 14.3 Å². The van der Waals surface area contributed by atoms with Crippen LogP contribution in [0, 0.1) is 0 Å². The zero-order valence-corrected chi connectivity index (χ0v) is 12.7. The predicted molar refractivity (Wildman–Crippen MR) is 76.6 cm³/mol. The number of carbonyl (C=O) groups excluding carboxylic acids is 2. The van der Waals surface area contributed by atoms with Crippen LogP contribution in [0.4, 0.5) is 4.79 Å². The molecule has 0 saturated carbocycles. The third kappa shape index (κ3) is 3.96. The number of likely N-dealkylation sites (tertiary alicyclic amines) is 1. The highest BCUT2D eigenvalue weighted by Gasteiger charge is 2.32. The molecular weight excluding hydrogens is 272 g/mol. The van der Waals surface area contributed by atoms with E-state index in [1.807, 2.05) is 20.8 Å². The number of carbonyl (C=O) groups is 2. The fraction of sp³-hybridized carbons (Fsp3) is 0.643. The van der Waals surface area contributed by atoms with Crippen LogP contribution in [-0.2, 0) is 16.1 Å². The van der Waals surface area contributed by atoms with Crippen LogP contribution in [0.5, 0.6) is 0 Å². The SMILES string of the molecule is CC(C)(C)OC(=O)N1CCC(c2cncn2CC(N)=O)C1. The third-order valence-corrected chi connectivity index (χ3v) is 3.33. The van der Waals surface area contributed by atoms with E-state index in [0.29, 0.717) is 13.1 Å². The number of nitrogens with zero attached hydrogens (tertiary/aromatic N) is 3. The van der Waals surface area contributed by atoms with Gasteiger partial charge in [0.15, 0.2) is 0 Å². The number of aromatic nitrogens is 2. The first-order valence-electron chi connectivity index (χ1n) is 7.02. The molecule has 2 N–H and O–H groups in total. The Morgan fingerprint density at radius 3 is 2.81 bits per heavy atom. The Morgan fingerprint density at radius 1 is 1.48 bits per heavy atom. The minimum Gasteiger partial charge on any atom is -0.444 e. The van der Waals surface area contributed by atoms with Crippen LogP contribution >= 0.6 is 0 Å². The van der Waals surface area contributed by atoms with Crippen molar-refractivity contribution in [3.05, 3.63) is 18.2 Å². The number of imidazole rings is 1. The summed E-state index contributed by atoms with van der Waals surface area (Å²) in [7, 11) is 0. The van der Waals surface area contributed by atoms with Crippen LogP contribution in [0.25, 0.3) is 0 Å². The van der Waals surface area contributed by atoms with E-state index in [2.05, 4.69) is 4.98 Å². The Labute approximate surface area is 124 Å². The number of primary amides is 1. The second-order valence-electron chi connectivity index (χ2n) is 6.32. The Hall–Kier alpha value is -2.05. The standard InChI is InChI=1S/C14H22N4O3/c1-14(2,3)21-13(20)17-5-4-10(7-17)11-6-16-9-18(11)8-12(15)19/h6,9-10H,4-5,7-8H2,1-3H3,(H2,15,19). The topological polar surface area (TPSA) is 90.4 Å². The van der Waals surface area contributed by atoms with Gasteiger partial charge in [0.1, 0.15) is 12.1 Å². The second-order valence-corrected chi connectivity index (χ2v) is 6.32. The molecule has 1 aliphatic heterocycles. The largest absolute Gasteiger partial charge is 0.444 e. The van der Waals surface area contributed by atoms with Gasteiger partial charge in [-0.3, -0.25) is 4.79 Å². The van der Waals surface area contributed by atoms with Gasteiger partial charge in [0.2, 0.25) is 5.91 Å². The molecule has 0 aromatic carbocycles. The van der Waals surface area contributed by atoms with Crippen LogP contribution in [-0.4, -0.2) is 45.1 Å². The van der Waals surface area contributed by atoms with Crippen molar-refractivity contribution in [1.82, 2.24) is 14.5 Å². The number of rotatable bonds is 3. The molecule has 1 aliphatic rings. The molecule has 2 heterocycles. The van der Waals surface area contributed by atoms with Crippen LogP contribution in [0.15, 0.2) is 12.5 Å². The van der Waals surface area contributed by atoms with Gasteiger partial charge in [-0.2, -0.15) is 0 Å². The Balaban J connectivity index is 2.01. The quantitative estimate of drug-likeness (QED) is 0.903. The zero-order chi connectivity index (χ0) is 15.6. The van der Waals surface area contributed by atoms with E-state index in [-0.39, 0.29) is 18.6 Å². The zero-order valence-electron chi connectivity index (χ0n) is 12.7. The number of nitrogens with two attached hydrogens (primary N) is 1. The van der Waals surface area contributed by atoms with Gasteiger partial charge in [0.25, 0.3) is 0 Å². The maximum Gasteiger partial charge on any atom is 0.410 e. The van der Waals surface area contributed by atoms with E-state index < -0.39 is 11.5 Å². The molecule has 0 aliphatic carbocycles. The molecule has 0 radical (unpaired) electrons. The van der Waals surface area contributed by atoms with E-state index in [0.717, 1.165) is 12.1 Å². The van der Waals surface area contributed by atoms with Crippen molar-refractivity contribution in [2.45, 2.75) is 45.3 Å². The third-order valence-electron chi connectivity index (χ3n) is 3.33. The average Bonchev–Trinajstić information content (AvgIpc) is 2.93. The summed E-state index contributed by atoms with van der Waals surface area (Å²) >= 11 is 0. The van der Waals surface area contributed by atoms with Crippen molar-refractivity contribution >= 4 is 12.0 Å². The summed E-state index contributed by atoms with van der Waals surface area (Å²) in [6.45, 7) is 6.86. The first-order chi connectivity index (χ1) is 9.76. The molecule has 1 aromatic heterocycles. The molecular formula is C14H22N4O3.